The van der Waals surface area contributed by atoms with Crippen LogP contribution in [0.2, 0.25) is 0 Å². The minimum absolute atomic E-state index is 0.284. The predicted molar refractivity (Wildman–Crippen MR) is 60.0 cm³/mol. The fraction of sp³-hybridized carbons (Fsp3) is 0.0909. The van der Waals surface area contributed by atoms with E-state index in [0.717, 1.165) is 11.3 Å². The van der Waals surface area contributed by atoms with Crippen LogP contribution in [0.1, 0.15) is 5.69 Å². The third-order valence-electron chi connectivity index (χ3n) is 2.10. The summed E-state index contributed by atoms with van der Waals surface area (Å²) >= 11 is 0. The fourth-order valence-corrected chi connectivity index (χ4v) is 1.37. The number of nitrogens with two attached hydrogens (primary N) is 1. The molecular weight excluding hydrogens is 207 g/mol. The minimum atomic E-state index is -0.284. The molecule has 0 radical (unpaired) electrons. The maximum atomic E-state index is 12.8. The van der Waals surface area contributed by atoms with Crippen molar-refractivity contribution in [2.24, 2.45) is 5.84 Å². The predicted octanol–water partition coefficient (Wildman–Crippen LogP) is 1.88. The lowest BCUT2D eigenvalue weighted by Gasteiger charge is -2.05. The molecular formula is C11H11FN4. The summed E-state index contributed by atoms with van der Waals surface area (Å²) in [5, 5.41) is 0. The van der Waals surface area contributed by atoms with Gasteiger partial charge in [0.05, 0.1) is 0 Å². The third-order valence-corrected chi connectivity index (χ3v) is 2.10. The molecule has 2 aromatic rings. The summed E-state index contributed by atoms with van der Waals surface area (Å²) in [5.41, 5.74) is 4.01. The van der Waals surface area contributed by atoms with Gasteiger partial charge in [-0.1, -0.05) is 0 Å². The number of nitrogen functional groups attached to an aromatic ring is 1. The number of hydrogen-bond acceptors (Lipinski definition) is 4. The van der Waals surface area contributed by atoms with Gasteiger partial charge in [-0.05, 0) is 31.2 Å². The number of benzene rings is 1. The van der Waals surface area contributed by atoms with E-state index in [-0.39, 0.29) is 5.82 Å². The van der Waals surface area contributed by atoms with Crippen LogP contribution in [0.3, 0.4) is 0 Å². The summed E-state index contributed by atoms with van der Waals surface area (Å²) < 4.78 is 12.8. The number of aromatic nitrogens is 2. The molecule has 3 N–H and O–H groups in total. The van der Waals surface area contributed by atoms with Gasteiger partial charge >= 0.3 is 0 Å². The lowest BCUT2D eigenvalue weighted by Crippen LogP contribution is -2.09. The summed E-state index contributed by atoms with van der Waals surface area (Å²) in [6.45, 7) is 1.84. The molecule has 2 rings (SSSR count). The van der Waals surface area contributed by atoms with E-state index in [0.29, 0.717) is 11.6 Å². The van der Waals surface area contributed by atoms with Crippen LogP contribution >= 0.6 is 0 Å². The SMILES string of the molecule is Cc1cc(NN)nc(-c2ccc(F)cc2)n1. The lowest BCUT2D eigenvalue weighted by molar-refractivity contribution is 0.628. The monoisotopic (exact) mass is 218 g/mol. The van der Waals surface area contributed by atoms with Crippen molar-refractivity contribution in [2.75, 3.05) is 5.43 Å². The molecule has 1 heterocycles. The van der Waals surface area contributed by atoms with Crippen LogP contribution in [0.15, 0.2) is 30.3 Å². The number of rotatable bonds is 2. The largest absolute Gasteiger partial charge is 0.308 e. The zero-order chi connectivity index (χ0) is 11.5. The van der Waals surface area contributed by atoms with Crippen LogP contribution in [-0.4, -0.2) is 9.97 Å². The molecule has 0 unspecified atom stereocenters. The van der Waals surface area contributed by atoms with Crippen LogP contribution in [0.5, 0.6) is 0 Å². The summed E-state index contributed by atoms with van der Waals surface area (Å²) in [5.74, 6) is 6.06. The van der Waals surface area contributed by atoms with Crippen molar-refractivity contribution in [1.29, 1.82) is 0 Å². The first-order valence-corrected chi connectivity index (χ1v) is 4.77. The molecule has 0 bridgehead atoms. The van der Waals surface area contributed by atoms with Crippen LogP contribution in [0, 0.1) is 12.7 Å². The molecule has 82 valence electrons. The summed E-state index contributed by atoms with van der Waals surface area (Å²) in [6.07, 6.45) is 0. The van der Waals surface area contributed by atoms with Gasteiger partial charge in [0.15, 0.2) is 5.82 Å². The number of nitrogens with one attached hydrogen (secondary N) is 1. The Morgan fingerprint density at radius 1 is 1.19 bits per heavy atom. The van der Waals surface area contributed by atoms with Gasteiger partial charge in [-0.15, -0.1) is 0 Å². The maximum Gasteiger partial charge on any atom is 0.161 e. The molecule has 0 saturated heterocycles. The van der Waals surface area contributed by atoms with E-state index in [9.17, 15) is 4.39 Å². The Balaban J connectivity index is 2.47. The van der Waals surface area contributed by atoms with Gasteiger partial charge in [0.2, 0.25) is 0 Å². The number of aryl methyl sites for hydroxylation is 1. The Morgan fingerprint density at radius 2 is 1.88 bits per heavy atom. The average Bonchev–Trinajstić information content (AvgIpc) is 2.29. The highest BCUT2D eigenvalue weighted by Crippen LogP contribution is 2.17. The van der Waals surface area contributed by atoms with Crippen molar-refractivity contribution in [3.8, 4) is 11.4 Å². The van der Waals surface area contributed by atoms with E-state index < -0.39 is 0 Å². The first-order valence-electron chi connectivity index (χ1n) is 4.77. The molecule has 0 spiro atoms. The number of anilines is 1. The van der Waals surface area contributed by atoms with Crippen molar-refractivity contribution in [1.82, 2.24) is 9.97 Å². The van der Waals surface area contributed by atoms with E-state index in [1.54, 1.807) is 18.2 Å². The van der Waals surface area contributed by atoms with Crippen molar-refractivity contribution >= 4 is 5.82 Å². The molecule has 0 fully saturated rings. The number of halogens is 1. The zero-order valence-electron chi connectivity index (χ0n) is 8.74. The molecule has 5 heteroatoms. The lowest BCUT2D eigenvalue weighted by atomic mass is 10.2. The fourth-order valence-electron chi connectivity index (χ4n) is 1.37. The van der Waals surface area contributed by atoms with Crippen molar-refractivity contribution in [3.63, 3.8) is 0 Å². The van der Waals surface area contributed by atoms with Gasteiger partial charge in [0, 0.05) is 17.3 Å². The second-order valence-electron chi connectivity index (χ2n) is 3.37. The number of hydrazine groups is 1. The highest BCUT2D eigenvalue weighted by molar-refractivity contribution is 5.57. The Bertz CT molecular complexity index is 496. The van der Waals surface area contributed by atoms with Crippen molar-refractivity contribution in [3.05, 3.63) is 41.8 Å². The second kappa shape index (κ2) is 4.24. The maximum absolute atomic E-state index is 12.8. The summed E-state index contributed by atoms with van der Waals surface area (Å²) in [4.78, 5) is 8.43. The number of nitrogens with zero attached hydrogens (tertiary/aromatic N) is 2. The standard InChI is InChI=1S/C11H11FN4/c1-7-6-10(16-13)15-11(14-7)8-2-4-9(12)5-3-8/h2-6H,13H2,1H3,(H,14,15,16). The zero-order valence-corrected chi connectivity index (χ0v) is 8.74. The molecule has 0 saturated carbocycles. The highest BCUT2D eigenvalue weighted by atomic mass is 19.1. The van der Waals surface area contributed by atoms with Gasteiger partial charge in [0.1, 0.15) is 11.6 Å². The molecule has 0 amide bonds. The molecule has 0 aliphatic rings. The normalized spacial score (nSPS) is 10.2. The van der Waals surface area contributed by atoms with Gasteiger partial charge in [0.25, 0.3) is 0 Å². The van der Waals surface area contributed by atoms with Gasteiger partial charge in [-0.3, -0.25) is 0 Å². The number of hydrogen-bond donors (Lipinski definition) is 2. The smallest absolute Gasteiger partial charge is 0.161 e. The van der Waals surface area contributed by atoms with Crippen molar-refractivity contribution in [2.45, 2.75) is 6.92 Å². The second-order valence-corrected chi connectivity index (χ2v) is 3.37. The minimum Gasteiger partial charge on any atom is -0.308 e. The third kappa shape index (κ3) is 2.14. The Hall–Kier alpha value is -2.01. The Labute approximate surface area is 92.3 Å². The van der Waals surface area contributed by atoms with Gasteiger partial charge in [-0.2, -0.15) is 0 Å². The first kappa shape index (κ1) is 10.5. The van der Waals surface area contributed by atoms with Crippen molar-refractivity contribution < 1.29 is 4.39 Å². The highest BCUT2D eigenvalue weighted by Gasteiger charge is 2.04. The molecule has 0 atom stereocenters. The van der Waals surface area contributed by atoms with Crippen LogP contribution in [-0.2, 0) is 0 Å². The topological polar surface area (TPSA) is 63.8 Å². The quantitative estimate of drug-likeness (QED) is 0.596. The van der Waals surface area contributed by atoms with Crippen LogP contribution in [0.25, 0.3) is 11.4 Å². The molecule has 4 nitrogen and oxygen atoms in total. The van der Waals surface area contributed by atoms with E-state index in [4.69, 9.17) is 5.84 Å². The molecule has 16 heavy (non-hydrogen) atoms. The van der Waals surface area contributed by atoms with E-state index in [1.807, 2.05) is 6.92 Å². The molecule has 0 aliphatic heterocycles. The Kier molecular flexibility index (Phi) is 2.78. The van der Waals surface area contributed by atoms with Gasteiger partial charge in [-0.25, -0.2) is 20.2 Å². The first-order chi connectivity index (χ1) is 7.69. The Morgan fingerprint density at radius 3 is 2.50 bits per heavy atom. The van der Waals surface area contributed by atoms with E-state index in [2.05, 4.69) is 15.4 Å². The molecule has 1 aromatic heterocycles. The average molecular weight is 218 g/mol. The molecule has 0 aliphatic carbocycles. The van der Waals surface area contributed by atoms with E-state index in [1.165, 1.54) is 12.1 Å². The summed E-state index contributed by atoms with van der Waals surface area (Å²) in [7, 11) is 0. The summed E-state index contributed by atoms with van der Waals surface area (Å²) in [6, 6.07) is 7.73. The van der Waals surface area contributed by atoms with Gasteiger partial charge < -0.3 is 5.43 Å². The molecule has 1 aromatic carbocycles. The van der Waals surface area contributed by atoms with Crippen LogP contribution in [0.4, 0.5) is 10.2 Å². The van der Waals surface area contributed by atoms with Crippen LogP contribution < -0.4 is 11.3 Å². The van der Waals surface area contributed by atoms with E-state index >= 15 is 0 Å².